The van der Waals surface area contributed by atoms with E-state index >= 15 is 0 Å². The van der Waals surface area contributed by atoms with Gasteiger partial charge < -0.3 is 4.74 Å². The van der Waals surface area contributed by atoms with Crippen molar-refractivity contribution in [2.24, 2.45) is 4.99 Å². The highest BCUT2D eigenvalue weighted by atomic mass is 32.2. The fourth-order valence-corrected chi connectivity index (χ4v) is 3.35. The lowest BCUT2D eigenvalue weighted by Gasteiger charge is -2.19. The Morgan fingerprint density at radius 2 is 1.96 bits per heavy atom. The van der Waals surface area contributed by atoms with Gasteiger partial charge in [0.1, 0.15) is 5.75 Å². The van der Waals surface area contributed by atoms with Crippen molar-refractivity contribution in [2.45, 2.75) is 43.0 Å². The minimum atomic E-state index is 0.264. The van der Waals surface area contributed by atoms with Gasteiger partial charge in [-0.05, 0) is 49.4 Å². The molecule has 6 heteroatoms. The van der Waals surface area contributed by atoms with Gasteiger partial charge in [-0.15, -0.1) is 11.8 Å². The maximum atomic E-state index is 9.50. The quantitative estimate of drug-likeness (QED) is 0.353. The van der Waals surface area contributed by atoms with E-state index in [2.05, 4.69) is 15.5 Å². The summed E-state index contributed by atoms with van der Waals surface area (Å²) >= 11 is 1.69. The van der Waals surface area contributed by atoms with Crippen LogP contribution in [0.4, 0.5) is 0 Å². The summed E-state index contributed by atoms with van der Waals surface area (Å²) in [6, 6.07) is 11.7. The number of benzene rings is 1. The first-order valence-corrected chi connectivity index (χ1v) is 9.77. The maximum absolute atomic E-state index is 9.50. The number of aromatic nitrogens is 1. The highest BCUT2D eigenvalue weighted by Gasteiger charge is 2.14. The van der Waals surface area contributed by atoms with Gasteiger partial charge in [-0.3, -0.25) is 15.7 Å². The average Bonchev–Trinajstić information content (AvgIpc) is 2.68. The number of amidine groups is 1. The van der Waals surface area contributed by atoms with Gasteiger partial charge in [-0.1, -0.05) is 19.3 Å². The smallest absolute Gasteiger partial charge is 0.219 e. The van der Waals surface area contributed by atoms with Crippen molar-refractivity contribution < 1.29 is 9.94 Å². The van der Waals surface area contributed by atoms with Gasteiger partial charge in [0.15, 0.2) is 5.84 Å². The molecule has 0 bridgehead atoms. The minimum absolute atomic E-state index is 0.264. The second kappa shape index (κ2) is 8.87. The van der Waals surface area contributed by atoms with E-state index in [0.29, 0.717) is 11.7 Å². The van der Waals surface area contributed by atoms with Crippen LogP contribution in [0, 0.1) is 0 Å². The molecule has 5 nitrogen and oxygen atoms in total. The summed E-state index contributed by atoms with van der Waals surface area (Å²) in [5.74, 6) is 1.67. The number of hydrogen-bond donors (Lipinski definition) is 2. The molecule has 1 fully saturated rings. The van der Waals surface area contributed by atoms with Crippen LogP contribution >= 0.6 is 11.8 Å². The number of hydroxylamine groups is 1. The zero-order valence-corrected chi connectivity index (χ0v) is 15.1. The summed E-state index contributed by atoms with van der Waals surface area (Å²) in [6.07, 6.45) is 9.51. The molecule has 3 rings (SSSR count). The van der Waals surface area contributed by atoms with Crippen LogP contribution in [-0.2, 0) is 0 Å². The van der Waals surface area contributed by atoms with Crippen LogP contribution in [0.15, 0.2) is 52.5 Å². The highest BCUT2D eigenvalue weighted by molar-refractivity contribution is 7.98. The minimum Gasteiger partial charge on any atom is -0.439 e. The van der Waals surface area contributed by atoms with Crippen molar-refractivity contribution in [1.82, 2.24) is 10.5 Å². The summed E-state index contributed by atoms with van der Waals surface area (Å²) < 4.78 is 5.82. The molecule has 0 amide bonds. The van der Waals surface area contributed by atoms with Gasteiger partial charge >= 0.3 is 0 Å². The number of aliphatic imine (C=N–C) groups is 1. The fraction of sp³-hybridized carbons (Fsp3) is 0.368. The Bertz CT molecular complexity index is 713. The zero-order chi connectivity index (χ0) is 17.5. The lowest BCUT2D eigenvalue weighted by Crippen LogP contribution is -2.24. The molecule has 1 aromatic carbocycles. The Morgan fingerprint density at radius 3 is 2.64 bits per heavy atom. The molecule has 1 aliphatic carbocycles. The number of nitrogens with zero attached hydrogens (tertiary/aromatic N) is 2. The number of pyridine rings is 1. The van der Waals surface area contributed by atoms with Crippen molar-refractivity contribution in [3.8, 4) is 11.6 Å². The first-order valence-electron chi connectivity index (χ1n) is 8.55. The monoisotopic (exact) mass is 357 g/mol. The first kappa shape index (κ1) is 17.8. The van der Waals surface area contributed by atoms with Gasteiger partial charge in [0.05, 0.1) is 6.04 Å². The van der Waals surface area contributed by atoms with Crippen molar-refractivity contribution in [2.75, 3.05) is 6.26 Å². The van der Waals surface area contributed by atoms with E-state index in [1.165, 1.54) is 24.2 Å². The predicted molar refractivity (Wildman–Crippen MR) is 101 cm³/mol. The number of hydrogen-bond acceptors (Lipinski definition) is 5. The molecular weight excluding hydrogens is 334 g/mol. The Hall–Kier alpha value is -2.05. The molecule has 132 valence electrons. The lowest BCUT2D eigenvalue weighted by molar-refractivity contribution is 0.233. The van der Waals surface area contributed by atoms with Gasteiger partial charge in [-0.2, -0.15) is 0 Å². The Kier molecular flexibility index (Phi) is 6.30. The third-order valence-electron chi connectivity index (χ3n) is 4.28. The normalized spacial score (nSPS) is 15.8. The predicted octanol–water partition coefficient (Wildman–Crippen LogP) is 4.65. The fourth-order valence-electron chi connectivity index (χ4n) is 2.94. The van der Waals surface area contributed by atoms with Crippen molar-refractivity contribution in [1.29, 1.82) is 0 Å². The van der Waals surface area contributed by atoms with Crippen LogP contribution in [0.5, 0.6) is 11.6 Å². The zero-order valence-electron chi connectivity index (χ0n) is 14.3. The van der Waals surface area contributed by atoms with E-state index < -0.39 is 0 Å². The van der Waals surface area contributed by atoms with E-state index in [4.69, 9.17) is 4.74 Å². The van der Waals surface area contributed by atoms with Crippen molar-refractivity contribution >= 4 is 17.6 Å². The molecule has 1 aliphatic rings. The second-order valence-electron chi connectivity index (χ2n) is 6.04. The van der Waals surface area contributed by atoms with Crippen LogP contribution in [0.2, 0.25) is 0 Å². The van der Waals surface area contributed by atoms with Crippen LogP contribution in [0.1, 0.15) is 37.7 Å². The maximum Gasteiger partial charge on any atom is 0.219 e. The van der Waals surface area contributed by atoms with E-state index in [9.17, 15) is 5.21 Å². The molecule has 25 heavy (non-hydrogen) atoms. The molecule has 1 saturated carbocycles. The standard InChI is InChI=1S/C19H23N3O2S/c1-25-17-9-7-16(8-10-17)24-18-13-14(11-12-20-18)19(22-23)21-15-5-3-2-4-6-15/h7-13,15,23H,2-6H2,1H3,(H,21,22). The van der Waals surface area contributed by atoms with Crippen LogP contribution in [-0.4, -0.2) is 28.3 Å². The van der Waals surface area contributed by atoms with Crippen molar-refractivity contribution in [3.63, 3.8) is 0 Å². The summed E-state index contributed by atoms with van der Waals surface area (Å²) in [7, 11) is 0. The van der Waals surface area contributed by atoms with E-state index in [1.807, 2.05) is 36.6 Å². The molecule has 0 unspecified atom stereocenters. The number of thioether (sulfide) groups is 1. The first-order chi connectivity index (χ1) is 12.3. The Morgan fingerprint density at radius 1 is 1.20 bits per heavy atom. The highest BCUT2D eigenvalue weighted by Crippen LogP contribution is 2.24. The summed E-state index contributed by atoms with van der Waals surface area (Å²) in [6.45, 7) is 0. The molecule has 2 aromatic rings. The summed E-state index contributed by atoms with van der Waals surface area (Å²) in [5, 5.41) is 9.50. The average molecular weight is 357 g/mol. The molecule has 1 heterocycles. The lowest BCUT2D eigenvalue weighted by atomic mass is 9.96. The SMILES string of the molecule is CSc1ccc(Oc2cc(C(=NC3CCCCC3)NO)ccn2)cc1. The third kappa shape index (κ3) is 4.96. The number of rotatable bonds is 5. The number of nitrogens with one attached hydrogen (secondary N) is 1. The topological polar surface area (TPSA) is 66.7 Å². The van der Waals surface area contributed by atoms with E-state index in [-0.39, 0.29) is 6.04 Å². The molecule has 2 N–H and O–H groups in total. The van der Waals surface area contributed by atoms with Gasteiger partial charge in [0.2, 0.25) is 5.88 Å². The van der Waals surface area contributed by atoms with Gasteiger partial charge in [0.25, 0.3) is 0 Å². The van der Waals surface area contributed by atoms with Crippen LogP contribution in [0.3, 0.4) is 0 Å². The van der Waals surface area contributed by atoms with E-state index in [0.717, 1.165) is 24.2 Å². The molecule has 0 atom stereocenters. The second-order valence-corrected chi connectivity index (χ2v) is 6.92. The summed E-state index contributed by atoms with van der Waals surface area (Å²) in [4.78, 5) is 10.1. The summed E-state index contributed by atoms with van der Waals surface area (Å²) in [5.41, 5.74) is 3.00. The Labute approximate surface area is 152 Å². The molecule has 0 radical (unpaired) electrons. The van der Waals surface area contributed by atoms with Crippen molar-refractivity contribution in [3.05, 3.63) is 48.2 Å². The molecule has 0 saturated heterocycles. The van der Waals surface area contributed by atoms with E-state index in [1.54, 1.807) is 24.0 Å². The number of ether oxygens (including phenoxy) is 1. The molecule has 0 spiro atoms. The largest absolute Gasteiger partial charge is 0.439 e. The van der Waals surface area contributed by atoms with Crippen LogP contribution < -0.4 is 10.2 Å². The molecular formula is C19H23N3O2S. The molecule has 1 aromatic heterocycles. The third-order valence-corrected chi connectivity index (χ3v) is 5.03. The molecule has 0 aliphatic heterocycles. The van der Waals surface area contributed by atoms with Gasteiger partial charge in [-0.25, -0.2) is 4.98 Å². The van der Waals surface area contributed by atoms with Gasteiger partial charge in [0, 0.05) is 22.7 Å². The Balaban J connectivity index is 1.75. The van der Waals surface area contributed by atoms with Crippen LogP contribution in [0.25, 0.3) is 0 Å².